The molecule has 1 aliphatic rings. The number of carbonyl (C=O) groups is 1. The third-order valence-electron chi connectivity index (χ3n) is 7.32. The third kappa shape index (κ3) is 5.33. The van der Waals surface area contributed by atoms with Crippen molar-refractivity contribution in [1.29, 1.82) is 0 Å². The van der Waals surface area contributed by atoms with E-state index < -0.39 is 5.97 Å². The Bertz CT molecular complexity index is 1380. The van der Waals surface area contributed by atoms with Crippen molar-refractivity contribution in [2.75, 3.05) is 7.11 Å². The number of methoxy groups -OCH3 is 1. The van der Waals surface area contributed by atoms with Gasteiger partial charge in [0.15, 0.2) is 0 Å². The standard InChI is InChI=1S/C31H34N2O4/c1-3-7-21-10-16-27(36-2)18-24(21)20-37-26-14-11-22(12-15-26)30-32-28-19-23(31(34)35)13-17-29(28)33(30)25-8-5-4-6-9-25/h10-19,25H,3-9,20H2,1-2H3,(H,34,35). The SMILES string of the molecule is CCCc1ccc(OC)cc1COc1ccc(-c2nc3cc(C(=O)O)ccc3n2C2CCCCC2)cc1. The van der Waals surface area contributed by atoms with Crippen molar-refractivity contribution in [3.05, 3.63) is 77.4 Å². The summed E-state index contributed by atoms with van der Waals surface area (Å²) in [4.78, 5) is 16.5. The molecule has 1 aliphatic carbocycles. The van der Waals surface area contributed by atoms with E-state index in [-0.39, 0.29) is 5.56 Å². The number of carboxylic acids is 1. The van der Waals surface area contributed by atoms with Crippen molar-refractivity contribution in [2.24, 2.45) is 0 Å². The quantitative estimate of drug-likeness (QED) is 0.259. The summed E-state index contributed by atoms with van der Waals surface area (Å²) in [6, 6.07) is 19.9. The normalized spacial score (nSPS) is 14.1. The van der Waals surface area contributed by atoms with Gasteiger partial charge in [-0.05, 0) is 85.0 Å². The molecule has 0 atom stereocenters. The minimum absolute atomic E-state index is 0.260. The highest BCUT2D eigenvalue weighted by Crippen LogP contribution is 2.36. The average Bonchev–Trinajstić information content (AvgIpc) is 3.32. The Labute approximate surface area is 217 Å². The van der Waals surface area contributed by atoms with E-state index in [0.717, 1.165) is 65.2 Å². The molecular formula is C31H34N2O4. The Morgan fingerprint density at radius 3 is 2.43 bits per heavy atom. The molecule has 0 radical (unpaired) electrons. The number of aromatic nitrogens is 2. The molecule has 1 N–H and O–H groups in total. The van der Waals surface area contributed by atoms with Crippen molar-refractivity contribution in [1.82, 2.24) is 9.55 Å². The number of hydrogen-bond acceptors (Lipinski definition) is 4. The van der Waals surface area contributed by atoms with Gasteiger partial charge in [0.05, 0.1) is 23.7 Å². The van der Waals surface area contributed by atoms with Gasteiger partial charge in [0.25, 0.3) is 0 Å². The molecule has 0 amide bonds. The molecule has 6 nitrogen and oxygen atoms in total. The van der Waals surface area contributed by atoms with Crippen LogP contribution in [0, 0.1) is 0 Å². The van der Waals surface area contributed by atoms with Gasteiger partial charge in [0.1, 0.15) is 23.9 Å². The minimum atomic E-state index is -0.935. The lowest BCUT2D eigenvalue weighted by Crippen LogP contribution is -2.14. The molecule has 4 aromatic rings. The number of carboxylic acid groups (broad SMARTS) is 1. The summed E-state index contributed by atoms with van der Waals surface area (Å²) in [7, 11) is 1.68. The molecule has 6 heteroatoms. The van der Waals surface area contributed by atoms with Gasteiger partial charge in [0.2, 0.25) is 0 Å². The molecular weight excluding hydrogens is 464 g/mol. The lowest BCUT2D eigenvalue weighted by molar-refractivity contribution is 0.0697. The average molecular weight is 499 g/mol. The summed E-state index contributed by atoms with van der Waals surface area (Å²) in [5.74, 6) is 1.58. The Hall–Kier alpha value is -3.80. The van der Waals surface area contributed by atoms with E-state index in [2.05, 4.69) is 23.6 Å². The summed E-state index contributed by atoms with van der Waals surface area (Å²) < 4.78 is 13.9. The van der Waals surface area contributed by atoms with E-state index in [1.54, 1.807) is 19.2 Å². The number of nitrogens with zero attached hydrogens (tertiary/aromatic N) is 2. The first kappa shape index (κ1) is 24.9. The number of aryl methyl sites for hydroxylation is 1. The van der Waals surface area contributed by atoms with E-state index in [4.69, 9.17) is 14.5 Å². The van der Waals surface area contributed by atoms with Gasteiger partial charge >= 0.3 is 5.97 Å². The molecule has 1 saturated carbocycles. The van der Waals surface area contributed by atoms with Crippen molar-refractivity contribution >= 4 is 17.0 Å². The monoisotopic (exact) mass is 498 g/mol. The molecule has 1 aromatic heterocycles. The van der Waals surface area contributed by atoms with E-state index in [1.807, 2.05) is 36.4 Å². The number of fused-ring (bicyclic) bond motifs is 1. The molecule has 0 spiro atoms. The van der Waals surface area contributed by atoms with Crippen LogP contribution in [0.3, 0.4) is 0 Å². The van der Waals surface area contributed by atoms with E-state index in [0.29, 0.717) is 12.6 Å². The van der Waals surface area contributed by atoms with E-state index in [1.165, 1.54) is 24.8 Å². The number of rotatable bonds is 9. The van der Waals surface area contributed by atoms with Crippen LogP contribution in [0.2, 0.25) is 0 Å². The molecule has 1 heterocycles. The first-order valence-corrected chi connectivity index (χ1v) is 13.2. The number of imidazole rings is 1. The number of benzene rings is 3. The maximum Gasteiger partial charge on any atom is 0.335 e. The van der Waals surface area contributed by atoms with Crippen LogP contribution in [0.1, 0.15) is 73.0 Å². The minimum Gasteiger partial charge on any atom is -0.497 e. The van der Waals surface area contributed by atoms with E-state index >= 15 is 0 Å². The molecule has 0 saturated heterocycles. The van der Waals surface area contributed by atoms with Crippen LogP contribution in [0.5, 0.6) is 11.5 Å². The second kappa shape index (κ2) is 11.1. The van der Waals surface area contributed by atoms with Crippen LogP contribution >= 0.6 is 0 Å². The highest BCUT2D eigenvalue weighted by Gasteiger charge is 2.23. The van der Waals surface area contributed by atoms with Crippen molar-refractivity contribution in [3.8, 4) is 22.9 Å². The second-order valence-corrected chi connectivity index (χ2v) is 9.80. The highest BCUT2D eigenvalue weighted by molar-refractivity contribution is 5.93. The summed E-state index contributed by atoms with van der Waals surface area (Å²) in [5, 5.41) is 9.47. The number of aromatic carboxylic acids is 1. The second-order valence-electron chi connectivity index (χ2n) is 9.80. The molecule has 3 aromatic carbocycles. The maximum atomic E-state index is 11.5. The Kier molecular flexibility index (Phi) is 7.45. The summed E-state index contributed by atoms with van der Waals surface area (Å²) in [6.07, 6.45) is 7.97. The Morgan fingerprint density at radius 2 is 1.73 bits per heavy atom. The van der Waals surface area contributed by atoms with Crippen LogP contribution in [0.4, 0.5) is 0 Å². The van der Waals surface area contributed by atoms with Gasteiger partial charge in [-0.2, -0.15) is 0 Å². The highest BCUT2D eigenvalue weighted by atomic mass is 16.5. The summed E-state index contributed by atoms with van der Waals surface area (Å²) in [6.45, 7) is 2.65. The first-order chi connectivity index (χ1) is 18.1. The summed E-state index contributed by atoms with van der Waals surface area (Å²) >= 11 is 0. The molecule has 1 fully saturated rings. The number of ether oxygens (including phenoxy) is 2. The predicted molar refractivity (Wildman–Crippen MR) is 146 cm³/mol. The van der Waals surface area contributed by atoms with Gasteiger partial charge < -0.3 is 19.1 Å². The van der Waals surface area contributed by atoms with Crippen molar-refractivity contribution in [2.45, 2.75) is 64.5 Å². The van der Waals surface area contributed by atoms with Crippen molar-refractivity contribution < 1.29 is 19.4 Å². The van der Waals surface area contributed by atoms with Gasteiger partial charge in [-0.3, -0.25) is 0 Å². The van der Waals surface area contributed by atoms with E-state index in [9.17, 15) is 9.90 Å². The van der Waals surface area contributed by atoms with Crippen LogP contribution in [0.15, 0.2) is 60.7 Å². The zero-order valence-corrected chi connectivity index (χ0v) is 21.6. The number of hydrogen-bond donors (Lipinski definition) is 1. The third-order valence-corrected chi connectivity index (χ3v) is 7.32. The zero-order valence-electron chi connectivity index (χ0n) is 21.6. The zero-order chi connectivity index (χ0) is 25.8. The topological polar surface area (TPSA) is 73.6 Å². The van der Waals surface area contributed by atoms with Gasteiger partial charge in [0, 0.05) is 11.6 Å². The van der Waals surface area contributed by atoms with Gasteiger partial charge in [-0.1, -0.05) is 38.7 Å². The molecule has 192 valence electrons. The fourth-order valence-corrected chi connectivity index (χ4v) is 5.38. The van der Waals surface area contributed by atoms with Crippen LogP contribution in [-0.4, -0.2) is 27.7 Å². The molecule has 0 unspecified atom stereocenters. The predicted octanol–water partition coefficient (Wildman–Crippen LogP) is 7.45. The summed E-state index contributed by atoms with van der Waals surface area (Å²) in [5.41, 5.74) is 5.39. The maximum absolute atomic E-state index is 11.5. The van der Waals surface area contributed by atoms with Crippen LogP contribution in [0.25, 0.3) is 22.4 Å². The van der Waals surface area contributed by atoms with Gasteiger partial charge in [-0.25, -0.2) is 9.78 Å². The molecule has 0 bridgehead atoms. The molecule has 5 rings (SSSR count). The fourth-order valence-electron chi connectivity index (χ4n) is 5.38. The Balaban J connectivity index is 1.43. The fraction of sp³-hybridized carbons (Fsp3) is 0.355. The molecule has 37 heavy (non-hydrogen) atoms. The van der Waals surface area contributed by atoms with Crippen LogP contribution < -0.4 is 9.47 Å². The first-order valence-electron chi connectivity index (χ1n) is 13.2. The largest absolute Gasteiger partial charge is 0.497 e. The smallest absolute Gasteiger partial charge is 0.335 e. The van der Waals surface area contributed by atoms with Crippen LogP contribution in [-0.2, 0) is 13.0 Å². The van der Waals surface area contributed by atoms with Crippen molar-refractivity contribution in [3.63, 3.8) is 0 Å². The lowest BCUT2D eigenvalue weighted by Gasteiger charge is -2.25. The Morgan fingerprint density at radius 1 is 0.973 bits per heavy atom. The molecule has 0 aliphatic heterocycles. The lowest BCUT2D eigenvalue weighted by atomic mass is 9.95. The van der Waals surface area contributed by atoms with Gasteiger partial charge in [-0.15, -0.1) is 0 Å².